The number of fused-ring (bicyclic) bond motifs is 1. The largest absolute Gasteiger partial charge is 0.479 e. The minimum atomic E-state index is -1.91. The summed E-state index contributed by atoms with van der Waals surface area (Å²) in [5, 5.41) is 12.5. The maximum Gasteiger partial charge on any atom is 0.332 e. The number of carboxylic acid groups (broad SMARTS) is 1. The molecule has 9 heteroatoms. The Labute approximate surface area is 160 Å². The van der Waals surface area contributed by atoms with Crippen LogP contribution < -0.4 is 5.32 Å². The second-order valence-electron chi connectivity index (χ2n) is 6.55. The van der Waals surface area contributed by atoms with Crippen LogP contribution >= 0.6 is 11.8 Å². The quantitative estimate of drug-likeness (QED) is 0.544. The van der Waals surface area contributed by atoms with Gasteiger partial charge >= 0.3 is 11.9 Å². The molecule has 3 rings (SSSR count). The van der Waals surface area contributed by atoms with Crippen LogP contribution in [0, 0.1) is 5.92 Å². The molecule has 2 heterocycles. The molecule has 2 amide bonds. The summed E-state index contributed by atoms with van der Waals surface area (Å²) in [5.74, 6) is -3.44. The van der Waals surface area contributed by atoms with E-state index in [9.17, 15) is 24.3 Å². The van der Waals surface area contributed by atoms with E-state index < -0.39 is 40.6 Å². The highest BCUT2D eigenvalue weighted by Crippen LogP contribution is 2.41. The average molecular weight is 392 g/mol. The van der Waals surface area contributed by atoms with Gasteiger partial charge in [0.25, 0.3) is 11.8 Å². The monoisotopic (exact) mass is 392 g/mol. The van der Waals surface area contributed by atoms with Crippen molar-refractivity contribution < 1.29 is 29.0 Å². The molecule has 0 spiro atoms. The van der Waals surface area contributed by atoms with Crippen LogP contribution in [-0.4, -0.2) is 64.1 Å². The van der Waals surface area contributed by atoms with Crippen molar-refractivity contribution in [3.05, 3.63) is 35.4 Å². The normalized spacial score (nSPS) is 22.3. The molecule has 2 aliphatic heterocycles. The van der Waals surface area contributed by atoms with Gasteiger partial charge < -0.3 is 15.2 Å². The van der Waals surface area contributed by atoms with Crippen LogP contribution in [0.3, 0.4) is 0 Å². The minimum Gasteiger partial charge on any atom is -0.479 e. The molecular weight excluding hydrogens is 372 g/mol. The van der Waals surface area contributed by atoms with E-state index in [1.54, 1.807) is 12.1 Å². The Hall–Kier alpha value is -2.39. The number of nitrogens with one attached hydrogen (secondary N) is 1. The van der Waals surface area contributed by atoms with Crippen LogP contribution in [0.15, 0.2) is 24.3 Å². The second-order valence-corrected chi connectivity index (χ2v) is 7.77. The van der Waals surface area contributed by atoms with Crippen molar-refractivity contribution in [2.75, 3.05) is 19.4 Å². The number of carboxylic acids is 1. The average Bonchev–Trinajstić information content (AvgIpc) is 3.28. The lowest BCUT2D eigenvalue weighted by molar-refractivity contribution is -0.153. The Bertz CT molecular complexity index is 772. The third-order valence-electron chi connectivity index (χ3n) is 4.93. The maximum absolute atomic E-state index is 13.0. The number of esters is 1. The third-order valence-corrected chi connectivity index (χ3v) is 6.26. The smallest absolute Gasteiger partial charge is 0.332 e. The molecule has 8 nitrogen and oxygen atoms in total. The summed E-state index contributed by atoms with van der Waals surface area (Å²) in [7, 11) is 1.21. The van der Waals surface area contributed by atoms with Crippen molar-refractivity contribution in [1.82, 2.24) is 10.2 Å². The summed E-state index contributed by atoms with van der Waals surface area (Å²) in [6.45, 7) is 2.07. The van der Waals surface area contributed by atoms with E-state index in [1.807, 2.05) is 0 Å². The van der Waals surface area contributed by atoms with Crippen LogP contribution in [0.1, 0.15) is 34.1 Å². The molecule has 0 aromatic heterocycles. The third kappa shape index (κ3) is 3.00. The SMILES string of the molecule is COC(=O)C(C)CC(C(=O)O)(C1NCCS1)N1C(=O)c2ccccc2C1=O. The van der Waals surface area contributed by atoms with Gasteiger partial charge in [-0.2, -0.15) is 0 Å². The van der Waals surface area contributed by atoms with Gasteiger partial charge in [-0.3, -0.25) is 19.3 Å². The summed E-state index contributed by atoms with van der Waals surface area (Å²) in [6, 6.07) is 6.24. The van der Waals surface area contributed by atoms with Gasteiger partial charge in [-0.25, -0.2) is 4.79 Å². The van der Waals surface area contributed by atoms with E-state index in [2.05, 4.69) is 5.32 Å². The number of carbonyl (C=O) groups excluding carboxylic acids is 3. The summed E-state index contributed by atoms with van der Waals surface area (Å²) >= 11 is 1.32. The first-order valence-corrected chi connectivity index (χ1v) is 9.53. The Morgan fingerprint density at radius 2 is 1.93 bits per heavy atom. The van der Waals surface area contributed by atoms with Crippen molar-refractivity contribution in [2.45, 2.75) is 24.3 Å². The zero-order chi connectivity index (χ0) is 19.8. The summed E-state index contributed by atoms with van der Waals surface area (Å²) in [4.78, 5) is 51.4. The van der Waals surface area contributed by atoms with E-state index in [1.165, 1.54) is 37.9 Å². The van der Waals surface area contributed by atoms with Crippen LogP contribution in [0.25, 0.3) is 0 Å². The lowest BCUT2D eigenvalue weighted by atomic mass is 9.85. The van der Waals surface area contributed by atoms with E-state index >= 15 is 0 Å². The number of rotatable bonds is 6. The topological polar surface area (TPSA) is 113 Å². The van der Waals surface area contributed by atoms with E-state index in [0.29, 0.717) is 12.3 Å². The molecule has 1 saturated heterocycles. The molecule has 144 valence electrons. The predicted molar refractivity (Wildman–Crippen MR) is 97.4 cm³/mol. The summed E-state index contributed by atoms with van der Waals surface area (Å²) in [5.41, 5.74) is -1.58. The zero-order valence-corrected chi connectivity index (χ0v) is 15.7. The lowest BCUT2D eigenvalue weighted by Gasteiger charge is -2.41. The molecule has 2 aliphatic rings. The van der Waals surface area contributed by atoms with Crippen LogP contribution in [-0.2, 0) is 14.3 Å². The molecule has 1 aromatic carbocycles. The molecule has 1 fully saturated rings. The fourth-order valence-electron chi connectivity index (χ4n) is 3.65. The molecule has 2 N–H and O–H groups in total. The number of amides is 2. The highest BCUT2D eigenvalue weighted by Gasteiger charge is 2.60. The first-order chi connectivity index (χ1) is 12.8. The molecule has 0 bridgehead atoms. The Kier molecular flexibility index (Phi) is 5.25. The highest BCUT2D eigenvalue weighted by atomic mass is 32.2. The van der Waals surface area contributed by atoms with Crippen LogP contribution in [0.4, 0.5) is 0 Å². The van der Waals surface area contributed by atoms with Gasteiger partial charge in [0.1, 0.15) is 0 Å². The number of aliphatic carboxylic acids is 1. The molecule has 1 aromatic rings. The van der Waals surface area contributed by atoms with Gasteiger partial charge in [-0.1, -0.05) is 19.1 Å². The minimum absolute atomic E-state index is 0.168. The molecule has 3 atom stereocenters. The number of hydrogen-bond acceptors (Lipinski definition) is 7. The zero-order valence-electron chi connectivity index (χ0n) is 14.9. The van der Waals surface area contributed by atoms with Crippen molar-refractivity contribution in [1.29, 1.82) is 0 Å². The van der Waals surface area contributed by atoms with Crippen molar-refractivity contribution in [3.8, 4) is 0 Å². The Balaban J connectivity index is 2.12. The molecule has 0 radical (unpaired) electrons. The van der Waals surface area contributed by atoms with Gasteiger partial charge in [-0.05, 0) is 18.6 Å². The van der Waals surface area contributed by atoms with E-state index in [0.717, 1.165) is 4.90 Å². The number of carbonyl (C=O) groups is 4. The number of benzene rings is 1. The molecule has 0 saturated carbocycles. The van der Waals surface area contributed by atoms with Gasteiger partial charge in [-0.15, -0.1) is 11.8 Å². The summed E-state index contributed by atoms with van der Waals surface area (Å²) < 4.78 is 4.73. The fraction of sp³-hybridized carbons (Fsp3) is 0.444. The standard InChI is InChI=1S/C18H20N2O6S/c1-10(15(23)26-2)9-18(17(24)25,16-19-7-8-27-16)20-13(21)11-5-3-4-6-12(11)14(20)22/h3-6,10,16,19H,7-9H2,1-2H3,(H,24,25). The predicted octanol–water partition coefficient (Wildman–Crippen LogP) is 0.968. The van der Waals surface area contributed by atoms with Crippen molar-refractivity contribution in [3.63, 3.8) is 0 Å². The van der Waals surface area contributed by atoms with Crippen molar-refractivity contribution in [2.24, 2.45) is 5.92 Å². The number of nitrogens with zero attached hydrogens (tertiary/aromatic N) is 1. The Morgan fingerprint density at radius 3 is 2.37 bits per heavy atom. The number of imide groups is 1. The first-order valence-electron chi connectivity index (χ1n) is 8.48. The molecule has 27 heavy (non-hydrogen) atoms. The molecule has 3 unspecified atom stereocenters. The fourth-order valence-corrected chi connectivity index (χ4v) is 4.93. The van der Waals surface area contributed by atoms with Crippen LogP contribution in [0.2, 0.25) is 0 Å². The van der Waals surface area contributed by atoms with Gasteiger partial charge in [0.15, 0.2) is 5.54 Å². The number of ether oxygens (including phenoxy) is 1. The van der Waals surface area contributed by atoms with Crippen LogP contribution in [0.5, 0.6) is 0 Å². The highest BCUT2D eigenvalue weighted by molar-refractivity contribution is 8.00. The lowest BCUT2D eigenvalue weighted by Crippen LogP contribution is -2.66. The first kappa shape index (κ1) is 19.4. The second kappa shape index (κ2) is 7.32. The van der Waals surface area contributed by atoms with Crippen molar-refractivity contribution >= 4 is 35.5 Å². The van der Waals surface area contributed by atoms with Gasteiger partial charge in [0.2, 0.25) is 0 Å². The van der Waals surface area contributed by atoms with Gasteiger partial charge in [0.05, 0.1) is 29.5 Å². The van der Waals surface area contributed by atoms with E-state index in [4.69, 9.17) is 4.74 Å². The molecule has 0 aliphatic carbocycles. The number of methoxy groups -OCH3 is 1. The summed E-state index contributed by atoms with van der Waals surface area (Å²) in [6.07, 6.45) is -0.245. The number of hydrogen-bond donors (Lipinski definition) is 2. The van der Waals surface area contributed by atoms with E-state index in [-0.39, 0.29) is 17.5 Å². The maximum atomic E-state index is 13.0. The number of thioether (sulfide) groups is 1. The molecular formula is C18H20N2O6S. The Morgan fingerprint density at radius 1 is 1.33 bits per heavy atom. The van der Waals surface area contributed by atoms with Gasteiger partial charge in [0, 0.05) is 12.3 Å².